The van der Waals surface area contributed by atoms with E-state index in [1.54, 1.807) is 7.11 Å². The smallest absolute Gasteiger partial charge is 0.151 e. The van der Waals surface area contributed by atoms with Crippen molar-refractivity contribution in [3.8, 4) is 0 Å². The number of pyridine rings is 1. The summed E-state index contributed by atoms with van der Waals surface area (Å²) in [6, 6.07) is 0.151. The Morgan fingerprint density at radius 1 is 1.32 bits per heavy atom. The molecule has 25 heavy (non-hydrogen) atoms. The first kappa shape index (κ1) is 19.8. The number of anilines is 1. The van der Waals surface area contributed by atoms with Gasteiger partial charge in [0.05, 0.1) is 24.5 Å². The van der Waals surface area contributed by atoms with Gasteiger partial charge in [0.15, 0.2) is 5.82 Å². The van der Waals surface area contributed by atoms with E-state index in [4.69, 9.17) is 10.5 Å². The molecular weight excluding hydrogens is 336 g/mol. The van der Waals surface area contributed by atoms with Crippen molar-refractivity contribution in [3.05, 3.63) is 17.6 Å². The molecule has 0 aliphatic carbocycles. The number of nitrogen functional groups attached to an aromatic ring is 1. The SMILES string of the molecule is CCCCS(=O)CCCC(COC)n1cnc2c(N)nc(C)c(C)c21. The normalized spacial score (nSPS) is 14.1. The molecule has 0 amide bonds. The molecule has 0 saturated carbocycles. The zero-order valence-corrected chi connectivity index (χ0v) is 16.6. The third-order valence-electron chi connectivity index (χ3n) is 4.61. The first-order chi connectivity index (χ1) is 12.0. The van der Waals surface area contributed by atoms with Gasteiger partial charge in [0.25, 0.3) is 0 Å². The van der Waals surface area contributed by atoms with Crippen LogP contribution in [0.15, 0.2) is 6.33 Å². The summed E-state index contributed by atoms with van der Waals surface area (Å²) < 4.78 is 19.6. The number of methoxy groups -OCH3 is 1. The highest BCUT2D eigenvalue weighted by atomic mass is 32.2. The summed E-state index contributed by atoms with van der Waals surface area (Å²) >= 11 is 0. The summed E-state index contributed by atoms with van der Waals surface area (Å²) in [5.41, 5.74) is 9.83. The Hall–Kier alpha value is -1.47. The van der Waals surface area contributed by atoms with Crippen molar-refractivity contribution in [2.45, 2.75) is 52.5 Å². The number of rotatable bonds is 10. The lowest BCUT2D eigenvalue weighted by Gasteiger charge is -2.20. The Bertz CT molecular complexity index is 729. The molecule has 0 saturated heterocycles. The number of fused-ring (bicyclic) bond motifs is 1. The number of unbranched alkanes of at least 4 members (excludes halogenated alkanes) is 1. The van der Waals surface area contributed by atoms with Crippen LogP contribution >= 0.6 is 0 Å². The Labute approximate surface area is 152 Å². The fourth-order valence-corrected chi connectivity index (χ4v) is 4.37. The molecule has 2 aromatic rings. The molecule has 0 aromatic carbocycles. The second-order valence-electron chi connectivity index (χ2n) is 6.51. The maximum atomic E-state index is 12.0. The number of aryl methyl sites for hydroxylation is 2. The van der Waals surface area contributed by atoms with Crippen molar-refractivity contribution in [3.63, 3.8) is 0 Å². The van der Waals surface area contributed by atoms with Gasteiger partial charge in [-0.25, -0.2) is 9.97 Å². The number of hydrogen-bond acceptors (Lipinski definition) is 5. The predicted octanol–water partition coefficient (Wildman–Crippen LogP) is 3.15. The topological polar surface area (TPSA) is 83.0 Å². The summed E-state index contributed by atoms with van der Waals surface area (Å²) in [4.78, 5) is 8.83. The highest BCUT2D eigenvalue weighted by Crippen LogP contribution is 2.28. The molecule has 6 nitrogen and oxygen atoms in total. The summed E-state index contributed by atoms with van der Waals surface area (Å²) in [7, 11) is 0.986. The number of aromatic nitrogens is 3. The fraction of sp³-hybridized carbons (Fsp3) is 0.667. The van der Waals surface area contributed by atoms with Crippen LogP contribution in [0.3, 0.4) is 0 Å². The minimum absolute atomic E-state index is 0.151. The zero-order valence-electron chi connectivity index (χ0n) is 15.7. The highest BCUT2D eigenvalue weighted by molar-refractivity contribution is 7.84. The minimum Gasteiger partial charge on any atom is -0.383 e. The average Bonchev–Trinajstić information content (AvgIpc) is 3.02. The van der Waals surface area contributed by atoms with E-state index >= 15 is 0 Å². The molecule has 140 valence electrons. The van der Waals surface area contributed by atoms with Crippen LogP contribution < -0.4 is 5.73 Å². The molecule has 0 bridgehead atoms. The molecule has 2 N–H and O–H groups in total. The van der Waals surface area contributed by atoms with E-state index < -0.39 is 10.8 Å². The van der Waals surface area contributed by atoms with Crippen molar-refractivity contribution in [2.24, 2.45) is 0 Å². The van der Waals surface area contributed by atoms with Crippen LogP contribution in [0.1, 0.15) is 49.9 Å². The summed E-state index contributed by atoms with van der Waals surface area (Å²) in [5, 5.41) is 0. The summed E-state index contributed by atoms with van der Waals surface area (Å²) in [5.74, 6) is 2.02. The molecular formula is C18H30N4O2S. The molecule has 2 atom stereocenters. The van der Waals surface area contributed by atoms with Crippen molar-refractivity contribution in [1.29, 1.82) is 0 Å². The van der Waals surface area contributed by atoms with E-state index in [0.717, 1.165) is 59.5 Å². The zero-order chi connectivity index (χ0) is 18.4. The Morgan fingerprint density at radius 2 is 2.04 bits per heavy atom. The molecule has 0 aliphatic heterocycles. The van der Waals surface area contributed by atoms with Gasteiger partial charge in [-0.15, -0.1) is 0 Å². The molecule has 0 spiro atoms. The summed E-state index contributed by atoms with van der Waals surface area (Å²) in [6.45, 7) is 6.73. The van der Waals surface area contributed by atoms with Crippen LogP contribution in [-0.2, 0) is 15.5 Å². The quantitative estimate of drug-likeness (QED) is 0.698. The van der Waals surface area contributed by atoms with Crippen LogP contribution in [0.5, 0.6) is 0 Å². The van der Waals surface area contributed by atoms with Gasteiger partial charge < -0.3 is 15.0 Å². The van der Waals surface area contributed by atoms with Gasteiger partial charge in [-0.2, -0.15) is 0 Å². The van der Waals surface area contributed by atoms with Crippen LogP contribution in [0.25, 0.3) is 11.0 Å². The van der Waals surface area contributed by atoms with E-state index in [1.165, 1.54) is 0 Å². The number of ether oxygens (including phenoxy) is 1. The third kappa shape index (κ3) is 4.79. The average molecular weight is 367 g/mol. The molecule has 0 radical (unpaired) electrons. The lowest BCUT2D eigenvalue weighted by atomic mass is 10.1. The second-order valence-corrected chi connectivity index (χ2v) is 8.21. The lowest BCUT2D eigenvalue weighted by Crippen LogP contribution is -2.16. The van der Waals surface area contributed by atoms with Crippen LogP contribution in [0, 0.1) is 13.8 Å². The third-order valence-corrected chi connectivity index (χ3v) is 6.10. The number of nitrogens with two attached hydrogens (primary N) is 1. The predicted molar refractivity (Wildman–Crippen MR) is 104 cm³/mol. The molecule has 7 heteroatoms. The Morgan fingerprint density at radius 3 is 2.72 bits per heavy atom. The van der Waals surface area contributed by atoms with Crippen molar-refractivity contribution in [1.82, 2.24) is 14.5 Å². The largest absolute Gasteiger partial charge is 0.383 e. The lowest BCUT2D eigenvalue weighted by molar-refractivity contribution is 0.152. The second kappa shape index (κ2) is 9.29. The molecule has 2 unspecified atom stereocenters. The minimum atomic E-state index is -0.722. The van der Waals surface area contributed by atoms with Gasteiger partial charge in [-0.1, -0.05) is 13.3 Å². The van der Waals surface area contributed by atoms with Crippen molar-refractivity contribution >= 4 is 27.7 Å². The van der Waals surface area contributed by atoms with Crippen LogP contribution in [0.4, 0.5) is 5.82 Å². The molecule has 0 fully saturated rings. The molecule has 2 heterocycles. The standard InChI is InChI=1S/C18H30N4O2S/c1-5-6-9-25(23)10-7-8-15(11-24-4)22-12-20-16-17(22)13(2)14(3)21-18(16)19/h12,15H,5-11H2,1-4H3,(H2,19,21). The monoisotopic (exact) mass is 366 g/mol. The highest BCUT2D eigenvalue weighted by Gasteiger charge is 2.19. The Balaban J connectivity index is 2.17. The van der Waals surface area contributed by atoms with Crippen LogP contribution in [-0.4, -0.2) is 44.0 Å². The van der Waals surface area contributed by atoms with Crippen molar-refractivity contribution < 1.29 is 8.95 Å². The first-order valence-corrected chi connectivity index (χ1v) is 10.4. The van der Waals surface area contributed by atoms with Crippen LogP contribution in [0.2, 0.25) is 0 Å². The van der Waals surface area contributed by atoms with E-state index in [1.807, 2.05) is 20.2 Å². The van der Waals surface area contributed by atoms with E-state index in [0.29, 0.717) is 12.4 Å². The van der Waals surface area contributed by atoms with Gasteiger partial charge in [-0.05, 0) is 38.7 Å². The molecule has 2 rings (SSSR count). The van der Waals surface area contributed by atoms with Gasteiger partial charge in [0.2, 0.25) is 0 Å². The summed E-state index contributed by atoms with van der Waals surface area (Å²) in [6.07, 6.45) is 5.76. The number of hydrogen-bond donors (Lipinski definition) is 1. The van der Waals surface area contributed by atoms with E-state index in [-0.39, 0.29) is 6.04 Å². The maximum Gasteiger partial charge on any atom is 0.151 e. The first-order valence-electron chi connectivity index (χ1n) is 8.92. The maximum absolute atomic E-state index is 12.0. The van der Waals surface area contributed by atoms with E-state index in [2.05, 4.69) is 21.5 Å². The van der Waals surface area contributed by atoms with E-state index in [9.17, 15) is 4.21 Å². The number of imidazole rings is 1. The van der Waals surface area contributed by atoms with Gasteiger partial charge in [0.1, 0.15) is 5.52 Å². The van der Waals surface area contributed by atoms with Crippen molar-refractivity contribution in [2.75, 3.05) is 31.0 Å². The van der Waals surface area contributed by atoms with Gasteiger partial charge in [-0.3, -0.25) is 4.21 Å². The number of nitrogens with zero attached hydrogens (tertiary/aromatic N) is 3. The van der Waals surface area contributed by atoms with Gasteiger partial charge in [0, 0.05) is 35.1 Å². The molecule has 0 aliphatic rings. The fourth-order valence-electron chi connectivity index (χ4n) is 3.07. The molecule has 2 aromatic heterocycles. The Kier molecular flexibility index (Phi) is 7.38. The van der Waals surface area contributed by atoms with Gasteiger partial charge >= 0.3 is 0 Å².